The van der Waals surface area contributed by atoms with E-state index in [1.54, 1.807) is 0 Å². The summed E-state index contributed by atoms with van der Waals surface area (Å²) in [5.74, 6) is -0.958. The number of phosphoric acid groups is 1. The largest absolute Gasteiger partial charge is 0.469 e. The van der Waals surface area contributed by atoms with E-state index in [4.69, 9.17) is 19.3 Å². The van der Waals surface area contributed by atoms with Crippen molar-refractivity contribution in [3.63, 3.8) is 0 Å². The number of esters is 2. The highest BCUT2D eigenvalue weighted by molar-refractivity contribution is 7.46. The molecular formula is C38H61O8P. The highest BCUT2D eigenvalue weighted by Crippen LogP contribution is 2.35. The Hall–Kier alpha value is -2.77. The molecule has 0 saturated heterocycles. The lowest BCUT2D eigenvalue weighted by molar-refractivity contribution is -0.161. The Morgan fingerprint density at radius 1 is 0.574 bits per heavy atom. The zero-order chi connectivity index (χ0) is 34.7. The Morgan fingerprint density at radius 2 is 1.06 bits per heavy atom. The van der Waals surface area contributed by atoms with Crippen molar-refractivity contribution in [1.29, 1.82) is 0 Å². The number of unbranched alkanes of at least 4 members (excludes halogenated alkanes) is 9. The third-order valence-electron chi connectivity index (χ3n) is 6.75. The first kappa shape index (κ1) is 44.2. The predicted octanol–water partition coefficient (Wildman–Crippen LogP) is 10.1. The molecule has 1 unspecified atom stereocenters. The number of hydrogen-bond acceptors (Lipinski definition) is 6. The van der Waals surface area contributed by atoms with Gasteiger partial charge in [0.1, 0.15) is 6.61 Å². The summed E-state index contributed by atoms with van der Waals surface area (Å²) in [6, 6.07) is 0. The maximum atomic E-state index is 12.3. The van der Waals surface area contributed by atoms with Gasteiger partial charge in [-0.2, -0.15) is 0 Å². The molecular weight excluding hydrogens is 615 g/mol. The number of rotatable bonds is 30. The van der Waals surface area contributed by atoms with Crippen molar-refractivity contribution in [2.45, 2.75) is 129 Å². The molecule has 0 aromatic rings. The van der Waals surface area contributed by atoms with Crippen LogP contribution < -0.4 is 0 Å². The van der Waals surface area contributed by atoms with E-state index in [1.165, 1.54) is 0 Å². The van der Waals surface area contributed by atoms with Gasteiger partial charge in [-0.15, -0.1) is 0 Å². The monoisotopic (exact) mass is 676 g/mol. The maximum Gasteiger partial charge on any atom is 0.469 e. The molecule has 0 heterocycles. The average Bonchev–Trinajstić information content (AvgIpc) is 3.03. The molecule has 0 aromatic carbocycles. The molecule has 0 bridgehead atoms. The van der Waals surface area contributed by atoms with E-state index >= 15 is 0 Å². The van der Waals surface area contributed by atoms with Crippen molar-refractivity contribution in [3.8, 4) is 0 Å². The van der Waals surface area contributed by atoms with Crippen LogP contribution >= 0.6 is 7.82 Å². The van der Waals surface area contributed by atoms with Crippen molar-refractivity contribution >= 4 is 19.8 Å². The van der Waals surface area contributed by atoms with Crippen molar-refractivity contribution in [3.05, 3.63) is 85.1 Å². The lowest BCUT2D eigenvalue weighted by Crippen LogP contribution is -2.29. The van der Waals surface area contributed by atoms with Crippen LogP contribution in [-0.2, 0) is 28.2 Å². The summed E-state index contributed by atoms with van der Waals surface area (Å²) in [6.07, 6.45) is 43.1. The van der Waals surface area contributed by atoms with E-state index in [1.807, 2.05) is 36.5 Å². The van der Waals surface area contributed by atoms with Gasteiger partial charge in [0.2, 0.25) is 0 Å². The van der Waals surface area contributed by atoms with Crippen LogP contribution in [0.2, 0.25) is 0 Å². The summed E-state index contributed by atoms with van der Waals surface area (Å²) in [5, 5.41) is 0. The zero-order valence-electron chi connectivity index (χ0n) is 28.9. The highest BCUT2D eigenvalue weighted by atomic mass is 31.2. The molecule has 2 N–H and O–H groups in total. The van der Waals surface area contributed by atoms with Crippen LogP contribution in [0.1, 0.15) is 123 Å². The normalized spacial score (nSPS) is 13.5. The van der Waals surface area contributed by atoms with Gasteiger partial charge in [0.05, 0.1) is 6.61 Å². The lowest BCUT2D eigenvalue weighted by Gasteiger charge is -2.18. The van der Waals surface area contributed by atoms with Gasteiger partial charge in [-0.1, -0.05) is 131 Å². The van der Waals surface area contributed by atoms with E-state index in [0.29, 0.717) is 12.8 Å². The van der Waals surface area contributed by atoms with E-state index in [2.05, 4.69) is 67.0 Å². The van der Waals surface area contributed by atoms with Crippen molar-refractivity contribution in [1.82, 2.24) is 0 Å². The van der Waals surface area contributed by atoms with Gasteiger partial charge >= 0.3 is 19.8 Å². The maximum absolute atomic E-state index is 12.3. The summed E-state index contributed by atoms with van der Waals surface area (Å²) >= 11 is 0. The van der Waals surface area contributed by atoms with Crippen molar-refractivity contribution < 1.29 is 37.9 Å². The molecule has 266 valence electrons. The summed E-state index contributed by atoms with van der Waals surface area (Å²) < 4.78 is 26.2. The Bertz CT molecular complexity index is 1030. The van der Waals surface area contributed by atoms with Crippen LogP contribution in [0.5, 0.6) is 0 Å². The number of carbonyl (C=O) groups is 2. The number of phosphoric ester groups is 1. The predicted molar refractivity (Wildman–Crippen MR) is 193 cm³/mol. The molecule has 0 spiro atoms. The molecule has 0 aliphatic carbocycles. The lowest BCUT2D eigenvalue weighted by atomic mass is 10.1. The van der Waals surface area contributed by atoms with Crippen LogP contribution in [0.4, 0.5) is 0 Å². The molecule has 1 atom stereocenters. The highest BCUT2D eigenvalue weighted by Gasteiger charge is 2.22. The van der Waals surface area contributed by atoms with Crippen LogP contribution in [0, 0.1) is 0 Å². The third kappa shape index (κ3) is 35.9. The molecule has 0 aromatic heterocycles. The third-order valence-corrected chi connectivity index (χ3v) is 7.24. The van der Waals surface area contributed by atoms with Crippen LogP contribution in [0.15, 0.2) is 85.1 Å². The zero-order valence-corrected chi connectivity index (χ0v) is 29.8. The number of allylic oxidation sites excluding steroid dienone is 14. The number of ether oxygens (including phenoxy) is 2. The van der Waals surface area contributed by atoms with Crippen molar-refractivity contribution in [2.24, 2.45) is 0 Å². The minimum atomic E-state index is -4.77. The molecule has 0 rings (SSSR count). The van der Waals surface area contributed by atoms with Crippen LogP contribution in [-0.4, -0.2) is 41.0 Å². The molecule has 0 amide bonds. The SMILES string of the molecule is CC/C=C/C=C/C=C/C=C/CCCCCC(=O)OC(COC(=O)CCCCCCCC/C=C/C/C=C/C/C=C/CC)COP(=O)(O)O. The van der Waals surface area contributed by atoms with Gasteiger partial charge < -0.3 is 19.3 Å². The molecule has 47 heavy (non-hydrogen) atoms. The topological polar surface area (TPSA) is 119 Å². The molecule has 0 radical (unpaired) electrons. The average molecular weight is 677 g/mol. The van der Waals surface area contributed by atoms with Crippen LogP contribution in [0.3, 0.4) is 0 Å². The molecule has 0 aliphatic rings. The standard InChI is InChI=1S/C38H61O8P/c1-3-5-7-9-11-13-15-17-18-19-21-22-24-26-28-30-32-37(39)44-34-36(35-45-47(41,42)43)46-38(40)33-31-29-27-25-23-20-16-14-12-10-8-6-4-2/h5-8,10-14,16-18,20,23,36H,3-4,9,15,19,21-22,24-35H2,1-2H3,(H2,41,42,43)/b7-5+,8-6+,12-10+,13-11+,16-14+,18-17+,23-20+. The second-order valence-corrected chi connectivity index (χ2v) is 12.4. The van der Waals surface area contributed by atoms with E-state index in [-0.39, 0.29) is 19.4 Å². The van der Waals surface area contributed by atoms with Crippen molar-refractivity contribution in [2.75, 3.05) is 13.2 Å². The fourth-order valence-electron chi connectivity index (χ4n) is 4.22. The van der Waals surface area contributed by atoms with E-state index in [9.17, 15) is 14.2 Å². The summed E-state index contributed by atoms with van der Waals surface area (Å²) in [6.45, 7) is 3.35. The quantitative estimate of drug-likeness (QED) is 0.0254. The van der Waals surface area contributed by atoms with E-state index < -0.39 is 32.5 Å². The number of hydrogen-bond donors (Lipinski definition) is 2. The Balaban J connectivity index is 4.10. The fraction of sp³-hybridized carbons (Fsp3) is 0.579. The van der Waals surface area contributed by atoms with Gasteiger partial charge in [0, 0.05) is 12.8 Å². The molecule has 0 saturated carbocycles. The molecule has 8 nitrogen and oxygen atoms in total. The molecule has 0 fully saturated rings. The first-order chi connectivity index (χ1) is 22.8. The Morgan fingerprint density at radius 3 is 1.70 bits per heavy atom. The van der Waals surface area contributed by atoms with Crippen LogP contribution in [0.25, 0.3) is 0 Å². The van der Waals surface area contributed by atoms with Gasteiger partial charge in [-0.3, -0.25) is 14.1 Å². The first-order valence-electron chi connectivity index (χ1n) is 17.4. The fourth-order valence-corrected chi connectivity index (χ4v) is 4.58. The number of carbonyl (C=O) groups excluding carboxylic acids is 2. The first-order valence-corrected chi connectivity index (χ1v) is 19.0. The Kier molecular flexibility index (Phi) is 31.2. The Labute approximate surface area is 284 Å². The second-order valence-electron chi connectivity index (χ2n) is 11.2. The summed E-state index contributed by atoms with van der Waals surface area (Å²) in [5.41, 5.74) is 0. The summed E-state index contributed by atoms with van der Waals surface area (Å²) in [4.78, 5) is 42.6. The minimum absolute atomic E-state index is 0.158. The van der Waals surface area contributed by atoms with E-state index in [0.717, 1.165) is 83.5 Å². The second kappa shape index (κ2) is 33.1. The van der Waals surface area contributed by atoms with Gasteiger partial charge in [0.25, 0.3) is 0 Å². The van der Waals surface area contributed by atoms with Gasteiger partial charge in [-0.05, 0) is 64.2 Å². The van der Waals surface area contributed by atoms with Gasteiger partial charge in [-0.25, -0.2) is 4.57 Å². The minimum Gasteiger partial charge on any atom is -0.462 e. The molecule has 9 heteroatoms. The van der Waals surface area contributed by atoms with Gasteiger partial charge in [0.15, 0.2) is 6.10 Å². The smallest absolute Gasteiger partial charge is 0.462 e. The summed E-state index contributed by atoms with van der Waals surface area (Å²) in [7, 11) is -4.77. The molecule has 0 aliphatic heterocycles.